The highest BCUT2D eigenvalue weighted by Crippen LogP contribution is 2.33. The normalized spacial score (nSPS) is 12.6. The van der Waals surface area contributed by atoms with Gasteiger partial charge in [0.15, 0.2) is 0 Å². The molecular weight excluding hydrogens is 270 g/mol. The molecule has 2 aromatic rings. The summed E-state index contributed by atoms with van der Waals surface area (Å²) >= 11 is 9.51. The summed E-state index contributed by atoms with van der Waals surface area (Å²) in [4.78, 5) is 1.35. The second-order valence-electron chi connectivity index (χ2n) is 3.68. The molecule has 4 heteroatoms. The number of halogens is 1. The summed E-state index contributed by atoms with van der Waals surface area (Å²) < 4.78 is 0. The van der Waals surface area contributed by atoms with E-state index in [0.717, 1.165) is 10.8 Å². The highest BCUT2D eigenvalue weighted by molar-refractivity contribution is 7.98. The van der Waals surface area contributed by atoms with Crippen molar-refractivity contribution >= 4 is 34.7 Å². The molecule has 17 heavy (non-hydrogen) atoms. The lowest BCUT2D eigenvalue weighted by molar-refractivity contribution is 0.960. The minimum absolute atomic E-state index is 0.394. The van der Waals surface area contributed by atoms with Crippen LogP contribution in [-0.4, -0.2) is 6.54 Å². The molecule has 1 heterocycles. The molecule has 0 amide bonds. The zero-order valence-electron chi connectivity index (χ0n) is 9.30. The largest absolute Gasteiger partial charge is 0.329 e. The monoisotopic (exact) mass is 283 g/mol. The van der Waals surface area contributed by atoms with Crippen molar-refractivity contribution in [2.24, 2.45) is 5.73 Å². The molecule has 0 aliphatic carbocycles. The number of benzene rings is 1. The molecule has 90 valence electrons. The van der Waals surface area contributed by atoms with E-state index in [-0.39, 0.29) is 0 Å². The van der Waals surface area contributed by atoms with Gasteiger partial charge in [-0.25, -0.2) is 0 Å². The second kappa shape index (κ2) is 6.45. The van der Waals surface area contributed by atoms with E-state index >= 15 is 0 Å². The van der Waals surface area contributed by atoms with Gasteiger partial charge in [0.2, 0.25) is 0 Å². The van der Waals surface area contributed by atoms with E-state index in [1.165, 1.54) is 10.4 Å². The Hall–Kier alpha value is -0.480. The molecule has 0 radical (unpaired) electrons. The maximum absolute atomic E-state index is 5.86. The maximum atomic E-state index is 5.86. The summed E-state index contributed by atoms with van der Waals surface area (Å²) in [6.45, 7) is 0.679. The van der Waals surface area contributed by atoms with Crippen molar-refractivity contribution in [3.8, 4) is 0 Å². The van der Waals surface area contributed by atoms with Crippen LogP contribution in [-0.2, 0) is 5.75 Å². The lowest BCUT2D eigenvalue weighted by Gasteiger charge is -2.12. The van der Waals surface area contributed by atoms with Gasteiger partial charge in [-0.2, -0.15) is 0 Å². The summed E-state index contributed by atoms with van der Waals surface area (Å²) in [5.41, 5.74) is 7.10. The van der Waals surface area contributed by atoms with Crippen molar-refractivity contribution in [3.05, 3.63) is 57.2 Å². The van der Waals surface area contributed by atoms with Crippen LogP contribution in [0.2, 0.25) is 5.02 Å². The third-order valence-electron chi connectivity index (χ3n) is 2.44. The van der Waals surface area contributed by atoms with Crippen LogP contribution in [0, 0.1) is 0 Å². The third kappa shape index (κ3) is 3.75. The molecule has 0 bridgehead atoms. The number of rotatable bonds is 5. The SMILES string of the molecule is NCC(SCc1ccc(Cl)cc1)c1cccs1. The summed E-state index contributed by atoms with van der Waals surface area (Å²) in [6.07, 6.45) is 0. The predicted molar refractivity (Wildman–Crippen MR) is 78.9 cm³/mol. The zero-order chi connectivity index (χ0) is 12.1. The summed E-state index contributed by atoms with van der Waals surface area (Å²) in [5, 5.41) is 3.28. The number of hydrogen-bond acceptors (Lipinski definition) is 3. The average molecular weight is 284 g/mol. The summed E-state index contributed by atoms with van der Waals surface area (Å²) in [5.74, 6) is 0.969. The van der Waals surface area contributed by atoms with E-state index in [9.17, 15) is 0 Å². The van der Waals surface area contributed by atoms with Gasteiger partial charge < -0.3 is 5.73 Å². The Labute approximate surface area is 115 Å². The van der Waals surface area contributed by atoms with Crippen molar-refractivity contribution in [2.45, 2.75) is 11.0 Å². The van der Waals surface area contributed by atoms with E-state index in [2.05, 4.69) is 29.6 Å². The van der Waals surface area contributed by atoms with Gasteiger partial charge in [-0.1, -0.05) is 29.8 Å². The molecular formula is C13H14ClNS2. The Morgan fingerprint density at radius 3 is 2.59 bits per heavy atom. The Balaban J connectivity index is 1.94. The van der Waals surface area contributed by atoms with Gasteiger partial charge in [0.25, 0.3) is 0 Å². The topological polar surface area (TPSA) is 26.0 Å². The van der Waals surface area contributed by atoms with E-state index in [0.29, 0.717) is 11.8 Å². The molecule has 1 atom stereocenters. The maximum Gasteiger partial charge on any atom is 0.0516 e. The fourth-order valence-corrected chi connectivity index (χ4v) is 3.70. The van der Waals surface area contributed by atoms with E-state index in [1.54, 1.807) is 11.3 Å². The van der Waals surface area contributed by atoms with Crippen molar-refractivity contribution in [3.63, 3.8) is 0 Å². The van der Waals surface area contributed by atoms with Crippen LogP contribution in [0.15, 0.2) is 41.8 Å². The highest BCUT2D eigenvalue weighted by Gasteiger charge is 2.11. The average Bonchev–Trinajstić information content (AvgIpc) is 2.86. The fraction of sp³-hybridized carbons (Fsp3) is 0.231. The third-order valence-corrected chi connectivity index (χ3v) is 5.17. The van der Waals surface area contributed by atoms with Crippen molar-refractivity contribution in [1.82, 2.24) is 0 Å². The number of thioether (sulfide) groups is 1. The number of nitrogens with two attached hydrogens (primary N) is 1. The van der Waals surface area contributed by atoms with Crippen LogP contribution in [0.25, 0.3) is 0 Å². The van der Waals surface area contributed by atoms with Crippen LogP contribution < -0.4 is 5.73 Å². The Morgan fingerprint density at radius 1 is 1.24 bits per heavy atom. The zero-order valence-corrected chi connectivity index (χ0v) is 11.7. The first-order valence-electron chi connectivity index (χ1n) is 5.39. The number of thiophene rings is 1. The van der Waals surface area contributed by atoms with Crippen LogP contribution in [0.1, 0.15) is 15.7 Å². The van der Waals surface area contributed by atoms with Gasteiger partial charge in [0, 0.05) is 22.2 Å². The van der Waals surface area contributed by atoms with Crippen molar-refractivity contribution in [1.29, 1.82) is 0 Å². The molecule has 1 aromatic heterocycles. The van der Waals surface area contributed by atoms with E-state index < -0.39 is 0 Å². The van der Waals surface area contributed by atoms with Gasteiger partial charge in [-0.3, -0.25) is 0 Å². The molecule has 2 rings (SSSR count). The van der Waals surface area contributed by atoms with Gasteiger partial charge in [0.05, 0.1) is 5.25 Å². The second-order valence-corrected chi connectivity index (χ2v) is 6.28. The predicted octanol–water partition coefficient (Wildman–Crippen LogP) is 4.33. The summed E-state index contributed by atoms with van der Waals surface area (Å²) in [6, 6.07) is 12.2. The Bertz CT molecular complexity index is 439. The van der Waals surface area contributed by atoms with Crippen LogP contribution in [0.3, 0.4) is 0 Å². The Morgan fingerprint density at radius 2 is 2.00 bits per heavy atom. The standard InChI is InChI=1S/C13H14ClNS2/c14-11-5-3-10(4-6-11)9-17-13(8-15)12-2-1-7-16-12/h1-7,13H,8-9,15H2. The molecule has 1 unspecified atom stereocenters. The molecule has 0 fully saturated rings. The molecule has 2 N–H and O–H groups in total. The first kappa shape index (κ1) is 13.0. The molecule has 0 aliphatic heterocycles. The van der Waals surface area contributed by atoms with Crippen molar-refractivity contribution < 1.29 is 0 Å². The van der Waals surface area contributed by atoms with Crippen LogP contribution in [0.4, 0.5) is 0 Å². The quantitative estimate of drug-likeness (QED) is 0.884. The molecule has 0 saturated heterocycles. The molecule has 0 aliphatic rings. The lowest BCUT2D eigenvalue weighted by Crippen LogP contribution is -2.08. The Kier molecular flexibility index (Phi) is 4.92. The molecule has 1 nitrogen and oxygen atoms in total. The number of hydrogen-bond donors (Lipinski definition) is 1. The first-order valence-corrected chi connectivity index (χ1v) is 7.69. The minimum atomic E-state index is 0.394. The summed E-state index contributed by atoms with van der Waals surface area (Å²) in [7, 11) is 0. The van der Waals surface area contributed by atoms with Crippen LogP contribution >= 0.6 is 34.7 Å². The van der Waals surface area contributed by atoms with Crippen LogP contribution in [0.5, 0.6) is 0 Å². The van der Waals surface area contributed by atoms with Gasteiger partial charge in [-0.15, -0.1) is 23.1 Å². The first-order chi connectivity index (χ1) is 8.29. The smallest absolute Gasteiger partial charge is 0.0516 e. The van der Waals surface area contributed by atoms with Gasteiger partial charge in [0.1, 0.15) is 0 Å². The highest BCUT2D eigenvalue weighted by atomic mass is 35.5. The van der Waals surface area contributed by atoms with E-state index in [4.69, 9.17) is 17.3 Å². The molecule has 0 saturated carbocycles. The van der Waals surface area contributed by atoms with Crippen molar-refractivity contribution in [2.75, 3.05) is 6.54 Å². The molecule has 0 spiro atoms. The van der Waals surface area contributed by atoms with Gasteiger partial charge in [-0.05, 0) is 29.1 Å². The van der Waals surface area contributed by atoms with E-state index in [1.807, 2.05) is 23.9 Å². The fourth-order valence-electron chi connectivity index (χ4n) is 1.52. The van der Waals surface area contributed by atoms with Gasteiger partial charge >= 0.3 is 0 Å². The molecule has 1 aromatic carbocycles. The minimum Gasteiger partial charge on any atom is -0.329 e. The lowest BCUT2D eigenvalue weighted by atomic mass is 10.2.